The molecule has 1 aromatic carbocycles. The molecule has 1 unspecified atom stereocenters. The van der Waals surface area contributed by atoms with Gasteiger partial charge >= 0.3 is 0 Å². The summed E-state index contributed by atoms with van der Waals surface area (Å²) in [7, 11) is 1.86. The van der Waals surface area contributed by atoms with Crippen molar-refractivity contribution < 1.29 is 14.5 Å². The maximum absolute atomic E-state index is 12.1. The van der Waals surface area contributed by atoms with Gasteiger partial charge in [0.05, 0.1) is 17.6 Å². The molecule has 0 aromatic heterocycles. The van der Waals surface area contributed by atoms with Gasteiger partial charge in [0.25, 0.3) is 5.69 Å². The molecule has 1 fully saturated rings. The number of nitro groups is 1. The van der Waals surface area contributed by atoms with Crippen molar-refractivity contribution >= 4 is 11.5 Å². The maximum atomic E-state index is 12.1. The Bertz CT molecular complexity index is 498. The van der Waals surface area contributed by atoms with E-state index in [0.29, 0.717) is 12.1 Å². The highest BCUT2D eigenvalue weighted by Crippen LogP contribution is 2.15. The first kappa shape index (κ1) is 14.6. The average Bonchev–Trinajstić information content (AvgIpc) is 2.91. The van der Waals surface area contributed by atoms with E-state index in [4.69, 9.17) is 4.74 Å². The van der Waals surface area contributed by atoms with Crippen molar-refractivity contribution in [1.29, 1.82) is 0 Å². The molecule has 0 aliphatic carbocycles. The molecule has 1 aliphatic rings. The fourth-order valence-corrected chi connectivity index (χ4v) is 2.33. The zero-order valence-electron chi connectivity index (χ0n) is 11.4. The monoisotopic (exact) mass is 278 g/mol. The van der Waals surface area contributed by atoms with Gasteiger partial charge in [-0.1, -0.05) is 12.1 Å². The Morgan fingerprint density at radius 1 is 1.55 bits per heavy atom. The molecule has 1 heterocycles. The molecule has 1 atom stereocenters. The van der Waals surface area contributed by atoms with E-state index >= 15 is 0 Å². The van der Waals surface area contributed by atoms with Crippen LogP contribution in [0, 0.1) is 10.1 Å². The normalized spacial score (nSPS) is 18.4. The number of rotatable bonds is 6. The van der Waals surface area contributed by atoms with Crippen molar-refractivity contribution in [2.75, 3.05) is 26.7 Å². The summed E-state index contributed by atoms with van der Waals surface area (Å²) >= 11 is 0. The van der Waals surface area contributed by atoms with E-state index in [2.05, 4.69) is 0 Å². The van der Waals surface area contributed by atoms with Crippen LogP contribution in [0.25, 0.3) is 0 Å². The lowest BCUT2D eigenvalue weighted by atomic mass is 10.1. The first-order chi connectivity index (χ1) is 9.56. The molecular weight excluding hydrogens is 260 g/mol. The van der Waals surface area contributed by atoms with Crippen LogP contribution in [0.1, 0.15) is 23.2 Å². The fraction of sp³-hybridized carbons (Fsp3) is 0.500. The molecule has 6 heteroatoms. The Morgan fingerprint density at radius 3 is 3.00 bits per heavy atom. The van der Waals surface area contributed by atoms with Crippen LogP contribution < -0.4 is 0 Å². The second kappa shape index (κ2) is 6.58. The summed E-state index contributed by atoms with van der Waals surface area (Å²) < 4.78 is 5.52. The number of ketones is 1. The van der Waals surface area contributed by atoms with Gasteiger partial charge in [-0.15, -0.1) is 0 Å². The minimum atomic E-state index is -0.493. The van der Waals surface area contributed by atoms with E-state index in [9.17, 15) is 14.9 Å². The van der Waals surface area contributed by atoms with Crippen LogP contribution in [0.2, 0.25) is 0 Å². The molecule has 0 amide bonds. The standard InChI is InChI=1S/C14H18N2O4/c1-15(9-13-6-3-7-20-13)10-14(17)11-4-2-5-12(8-11)16(18)19/h2,4-5,8,13H,3,6-7,9-10H2,1H3. The number of carbonyl (C=O) groups is 1. The zero-order chi connectivity index (χ0) is 14.5. The molecule has 0 radical (unpaired) electrons. The lowest BCUT2D eigenvalue weighted by molar-refractivity contribution is -0.384. The highest BCUT2D eigenvalue weighted by Gasteiger charge is 2.19. The minimum absolute atomic E-state index is 0.0578. The predicted octanol–water partition coefficient (Wildman–Crippen LogP) is 1.89. The summed E-state index contributed by atoms with van der Waals surface area (Å²) in [6.45, 7) is 1.74. The molecule has 20 heavy (non-hydrogen) atoms. The van der Waals surface area contributed by atoms with E-state index in [1.165, 1.54) is 18.2 Å². The molecule has 0 bridgehead atoms. The van der Waals surface area contributed by atoms with E-state index in [1.807, 2.05) is 11.9 Å². The summed E-state index contributed by atoms with van der Waals surface area (Å²) in [6.07, 6.45) is 2.28. The Hall–Kier alpha value is -1.79. The molecule has 2 rings (SSSR count). The van der Waals surface area contributed by atoms with Gasteiger partial charge in [0.2, 0.25) is 0 Å². The fourth-order valence-electron chi connectivity index (χ4n) is 2.33. The van der Waals surface area contributed by atoms with Crippen LogP contribution in [0.3, 0.4) is 0 Å². The second-order valence-electron chi connectivity index (χ2n) is 5.06. The van der Waals surface area contributed by atoms with E-state index in [1.54, 1.807) is 6.07 Å². The smallest absolute Gasteiger partial charge is 0.270 e. The van der Waals surface area contributed by atoms with E-state index in [0.717, 1.165) is 19.4 Å². The topological polar surface area (TPSA) is 72.7 Å². The Morgan fingerprint density at radius 2 is 2.35 bits per heavy atom. The number of nitro benzene ring substituents is 1. The van der Waals surface area contributed by atoms with Crippen LogP contribution in [-0.4, -0.2) is 48.5 Å². The van der Waals surface area contributed by atoms with Crippen LogP contribution in [0.4, 0.5) is 5.69 Å². The number of carbonyl (C=O) groups excluding carboxylic acids is 1. The number of benzene rings is 1. The van der Waals surface area contributed by atoms with E-state index in [-0.39, 0.29) is 24.1 Å². The molecule has 6 nitrogen and oxygen atoms in total. The van der Waals surface area contributed by atoms with Gasteiger partial charge in [-0.3, -0.25) is 19.8 Å². The first-order valence-electron chi connectivity index (χ1n) is 6.64. The zero-order valence-corrected chi connectivity index (χ0v) is 11.4. The van der Waals surface area contributed by atoms with Crippen molar-refractivity contribution in [3.8, 4) is 0 Å². The van der Waals surface area contributed by atoms with Crippen molar-refractivity contribution in [2.24, 2.45) is 0 Å². The van der Waals surface area contributed by atoms with Gasteiger partial charge in [-0.05, 0) is 19.9 Å². The van der Waals surface area contributed by atoms with Crippen molar-refractivity contribution in [1.82, 2.24) is 4.90 Å². The SMILES string of the molecule is CN(CC(=O)c1cccc([N+](=O)[O-])c1)CC1CCCO1. The molecule has 0 saturated carbocycles. The third-order valence-electron chi connectivity index (χ3n) is 3.33. The summed E-state index contributed by atoms with van der Waals surface area (Å²) in [6, 6.07) is 5.84. The molecule has 1 saturated heterocycles. The van der Waals surface area contributed by atoms with Gasteiger partial charge in [-0.2, -0.15) is 0 Å². The van der Waals surface area contributed by atoms with Crippen LogP contribution in [0.15, 0.2) is 24.3 Å². The summed E-state index contributed by atoms with van der Waals surface area (Å²) in [5, 5.41) is 10.7. The molecule has 108 valence electrons. The van der Waals surface area contributed by atoms with E-state index < -0.39 is 4.92 Å². The quantitative estimate of drug-likeness (QED) is 0.451. The summed E-state index contributed by atoms with van der Waals surface area (Å²) in [5.41, 5.74) is 0.316. The van der Waals surface area contributed by atoms with Gasteiger partial charge in [0.1, 0.15) is 0 Å². The third kappa shape index (κ3) is 3.85. The number of ether oxygens (including phenoxy) is 1. The van der Waals surface area contributed by atoms with Crippen molar-refractivity contribution in [2.45, 2.75) is 18.9 Å². The number of non-ortho nitro benzene ring substituents is 1. The van der Waals surface area contributed by atoms with Gasteiger partial charge < -0.3 is 4.74 Å². The maximum Gasteiger partial charge on any atom is 0.270 e. The Labute approximate surface area is 117 Å². The lowest BCUT2D eigenvalue weighted by Gasteiger charge is -2.19. The lowest BCUT2D eigenvalue weighted by Crippen LogP contribution is -2.33. The summed E-state index contributed by atoms with van der Waals surface area (Å²) in [5.74, 6) is -0.116. The third-order valence-corrected chi connectivity index (χ3v) is 3.33. The van der Waals surface area contributed by atoms with Gasteiger partial charge in [0.15, 0.2) is 5.78 Å². The minimum Gasteiger partial charge on any atom is -0.377 e. The number of likely N-dealkylation sites (N-methyl/N-ethyl adjacent to an activating group) is 1. The molecule has 0 spiro atoms. The molecule has 1 aliphatic heterocycles. The molecular formula is C14H18N2O4. The van der Waals surface area contributed by atoms with Crippen LogP contribution in [0.5, 0.6) is 0 Å². The first-order valence-corrected chi connectivity index (χ1v) is 6.64. The number of hydrogen-bond acceptors (Lipinski definition) is 5. The summed E-state index contributed by atoms with van der Waals surface area (Å²) in [4.78, 5) is 24.2. The number of nitrogens with zero attached hydrogens (tertiary/aromatic N) is 2. The number of Topliss-reactive ketones (excluding diaryl/α,β-unsaturated/α-hetero) is 1. The van der Waals surface area contributed by atoms with Gasteiger partial charge in [0, 0.05) is 30.8 Å². The highest BCUT2D eigenvalue weighted by molar-refractivity contribution is 5.98. The van der Waals surface area contributed by atoms with Crippen LogP contribution in [-0.2, 0) is 4.74 Å². The van der Waals surface area contributed by atoms with Gasteiger partial charge in [-0.25, -0.2) is 0 Å². The molecule has 1 aromatic rings. The molecule has 0 N–H and O–H groups in total. The Balaban J connectivity index is 1.93. The van der Waals surface area contributed by atoms with Crippen LogP contribution >= 0.6 is 0 Å². The second-order valence-corrected chi connectivity index (χ2v) is 5.06. The average molecular weight is 278 g/mol. The predicted molar refractivity (Wildman–Crippen MR) is 73.9 cm³/mol. The Kier molecular flexibility index (Phi) is 4.81. The van der Waals surface area contributed by atoms with Crippen molar-refractivity contribution in [3.63, 3.8) is 0 Å². The highest BCUT2D eigenvalue weighted by atomic mass is 16.6. The van der Waals surface area contributed by atoms with Crippen molar-refractivity contribution in [3.05, 3.63) is 39.9 Å². The largest absolute Gasteiger partial charge is 0.377 e. The number of hydrogen-bond donors (Lipinski definition) is 0.